The summed E-state index contributed by atoms with van der Waals surface area (Å²) in [5.41, 5.74) is 0.194. The van der Waals surface area contributed by atoms with Crippen LogP contribution in [0.4, 0.5) is 10.1 Å². The van der Waals surface area contributed by atoms with Crippen molar-refractivity contribution in [3.05, 3.63) is 40.2 Å². The van der Waals surface area contributed by atoms with Crippen molar-refractivity contribution < 1.29 is 19.1 Å². The molecule has 0 fully saturated rings. The van der Waals surface area contributed by atoms with Gasteiger partial charge in [0.15, 0.2) is 0 Å². The molecule has 0 saturated heterocycles. The zero-order chi connectivity index (χ0) is 14.0. The summed E-state index contributed by atoms with van der Waals surface area (Å²) < 4.78 is 17.0. The van der Waals surface area contributed by atoms with E-state index in [9.17, 15) is 14.0 Å². The molecule has 8 heteroatoms. The molecule has 6 nitrogen and oxygen atoms in total. The third-order valence-corrected chi connectivity index (χ3v) is 3.14. The smallest absolute Gasteiger partial charge is 0.338 e. The van der Waals surface area contributed by atoms with Crippen LogP contribution in [0, 0.1) is 12.7 Å². The molecule has 2 N–H and O–H groups in total. The average molecular weight is 281 g/mol. The first-order valence-electron chi connectivity index (χ1n) is 5.12. The zero-order valence-corrected chi connectivity index (χ0v) is 10.5. The molecule has 2 aromatic rings. The number of carbonyl (C=O) groups excluding carboxylic acids is 1. The summed E-state index contributed by atoms with van der Waals surface area (Å²) in [7, 11) is 0. The van der Waals surface area contributed by atoms with E-state index in [1.807, 2.05) is 0 Å². The van der Waals surface area contributed by atoms with E-state index >= 15 is 0 Å². The Kier molecular flexibility index (Phi) is 3.52. The summed E-state index contributed by atoms with van der Waals surface area (Å²) >= 11 is 0.928. The van der Waals surface area contributed by atoms with Crippen LogP contribution >= 0.6 is 11.5 Å². The summed E-state index contributed by atoms with van der Waals surface area (Å²) in [6.07, 6.45) is 0. The third-order valence-electron chi connectivity index (χ3n) is 2.32. The van der Waals surface area contributed by atoms with Gasteiger partial charge >= 0.3 is 5.97 Å². The molecule has 0 saturated carbocycles. The lowest BCUT2D eigenvalue weighted by Gasteiger charge is -2.05. The van der Waals surface area contributed by atoms with Gasteiger partial charge in [0.05, 0.1) is 11.3 Å². The van der Waals surface area contributed by atoms with Crippen LogP contribution in [0.5, 0.6) is 0 Å². The van der Waals surface area contributed by atoms with E-state index in [-0.39, 0.29) is 5.69 Å². The molecule has 1 heterocycles. The van der Waals surface area contributed by atoms with E-state index in [4.69, 9.17) is 5.11 Å². The van der Waals surface area contributed by atoms with Crippen molar-refractivity contribution in [2.45, 2.75) is 6.92 Å². The van der Waals surface area contributed by atoms with Crippen LogP contribution in [0.25, 0.3) is 0 Å². The molecule has 0 aliphatic heterocycles. The minimum absolute atomic E-state index is 0.167. The first-order chi connectivity index (χ1) is 8.99. The van der Waals surface area contributed by atoms with Crippen molar-refractivity contribution in [2.24, 2.45) is 0 Å². The Labute approximate surface area is 111 Å². The van der Waals surface area contributed by atoms with Gasteiger partial charge in [-0.05, 0) is 36.7 Å². The summed E-state index contributed by atoms with van der Waals surface area (Å²) in [5.74, 6) is -2.74. The van der Waals surface area contributed by atoms with E-state index in [1.165, 1.54) is 6.07 Å². The predicted octanol–water partition coefficient (Wildman–Crippen LogP) is 1.94. The van der Waals surface area contributed by atoms with Crippen LogP contribution in [0.3, 0.4) is 0 Å². The molecule has 0 atom stereocenters. The molecule has 0 aliphatic carbocycles. The Morgan fingerprint density at radius 2 is 2.16 bits per heavy atom. The molecule has 0 spiro atoms. The third kappa shape index (κ3) is 2.74. The minimum atomic E-state index is -1.36. The maximum atomic E-state index is 13.4. The highest BCUT2D eigenvalue weighted by Crippen LogP contribution is 2.17. The zero-order valence-electron chi connectivity index (χ0n) is 9.68. The molecule has 98 valence electrons. The number of hydrogen-bond donors (Lipinski definition) is 2. The fraction of sp³-hybridized carbons (Fsp3) is 0.0909. The fourth-order valence-corrected chi connectivity index (χ4v) is 1.95. The van der Waals surface area contributed by atoms with Crippen molar-refractivity contribution in [1.82, 2.24) is 9.59 Å². The second-order valence-corrected chi connectivity index (χ2v) is 4.40. The Balaban J connectivity index is 2.21. The number of carboxylic acids is 1. The lowest BCUT2D eigenvalue weighted by molar-refractivity contribution is 0.0692. The Bertz CT molecular complexity index is 656. The number of amides is 1. The molecule has 19 heavy (non-hydrogen) atoms. The number of anilines is 1. The standard InChI is InChI=1S/C11H8FN3O3S/c1-5-9(19-15-14-5)10(16)13-6-2-3-7(11(17)18)8(12)4-6/h2-4H,1H3,(H,13,16)(H,17,18). The van der Waals surface area contributed by atoms with Crippen molar-refractivity contribution in [3.8, 4) is 0 Å². The molecule has 1 aromatic carbocycles. The normalized spacial score (nSPS) is 10.2. The average Bonchev–Trinajstić information content (AvgIpc) is 2.75. The predicted molar refractivity (Wildman–Crippen MR) is 66.0 cm³/mol. The van der Waals surface area contributed by atoms with Crippen LogP contribution in [0.1, 0.15) is 25.7 Å². The highest BCUT2D eigenvalue weighted by Gasteiger charge is 2.15. The van der Waals surface area contributed by atoms with E-state index < -0.39 is 23.3 Å². The number of hydrogen-bond acceptors (Lipinski definition) is 5. The number of rotatable bonds is 3. The molecular weight excluding hydrogens is 273 g/mol. The monoisotopic (exact) mass is 281 g/mol. The molecular formula is C11H8FN3O3S. The van der Waals surface area contributed by atoms with Crippen molar-refractivity contribution in [1.29, 1.82) is 0 Å². The number of nitrogens with zero attached hydrogens (tertiary/aromatic N) is 2. The van der Waals surface area contributed by atoms with Gasteiger partial charge in [-0.25, -0.2) is 9.18 Å². The van der Waals surface area contributed by atoms with Crippen LogP contribution in [0.15, 0.2) is 18.2 Å². The molecule has 0 bridgehead atoms. The Hall–Kier alpha value is -2.35. The van der Waals surface area contributed by atoms with E-state index in [2.05, 4.69) is 14.9 Å². The summed E-state index contributed by atoms with van der Waals surface area (Å²) in [6, 6.07) is 3.35. The topological polar surface area (TPSA) is 92.2 Å². The quantitative estimate of drug-likeness (QED) is 0.896. The lowest BCUT2D eigenvalue weighted by atomic mass is 10.2. The number of halogens is 1. The second-order valence-electron chi connectivity index (χ2n) is 3.64. The fourth-order valence-electron chi connectivity index (χ4n) is 1.39. The number of nitrogens with one attached hydrogen (secondary N) is 1. The summed E-state index contributed by atoms with van der Waals surface area (Å²) in [6.45, 7) is 1.63. The summed E-state index contributed by atoms with van der Waals surface area (Å²) in [4.78, 5) is 22.8. The lowest BCUT2D eigenvalue weighted by Crippen LogP contribution is -2.12. The van der Waals surface area contributed by atoms with Crippen molar-refractivity contribution >= 4 is 29.1 Å². The van der Waals surface area contributed by atoms with Gasteiger partial charge in [0, 0.05) is 5.69 Å². The van der Waals surface area contributed by atoms with Crippen LogP contribution in [-0.4, -0.2) is 26.6 Å². The number of carboxylic acid groups (broad SMARTS) is 1. The SMILES string of the molecule is Cc1nnsc1C(=O)Nc1ccc(C(=O)O)c(F)c1. The number of carbonyl (C=O) groups is 2. The van der Waals surface area contributed by atoms with Crippen LogP contribution < -0.4 is 5.32 Å². The molecule has 2 rings (SSSR count). The van der Waals surface area contributed by atoms with Gasteiger partial charge in [-0.3, -0.25) is 4.79 Å². The minimum Gasteiger partial charge on any atom is -0.478 e. The van der Waals surface area contributed by atoms with E-state index in [0.29, 0.717) is 10.6 Å². The maximum Gasteiger partial charge on any atom is 0.338 e. The molecule has 0 radical (unpaired) electrons. The van der Waals surface area contributed by atoms with Gasteiger partial charge < -0.3 is 10.4 Å². The maximum absolute atomic E-state index is 13.4. The van der Waals surface area contributed by atoms with Crippen molar-refractivity contribution in [3.63, 3.8) is 0 Å². The van der Waals surface area contributed by atoms with Crippen LogP contribution in [-0.2, 0) is 0 Å². The van der Waals surface area contributed by atoms with Gasteiger partial charge in [0.2, 0.25) is 0 Å². The molecule has 1 amide bonds. The number of aryl methyl sites for hydroxylation is 1. The number of aromatic carboxylic acids is 1. The second kappa shape index (κ2) is 5.11. The van der Waals surface area contributed by atoms with Gasteiger partial charge in [0.25, 0.3) is 5.91 Å². The first-order valence-corrected chi connectivity index (χ1v) is 5.89. The Morgan fingerprint density at radius 3 is 2.68 bits per heavy atom. The van der Waals surface area contributed by atoms with Crippen LogP contribution in [0.2, 0.25) is 0 Å². The largest absolute Gasteiger partial charge is 0.478 e. The molecule has 0 aliphatic rings. The number of benzene rings is 1. The number of aromatic nitrogens is 2. The van der Waals surface area contributed by atoms with E-state index in [1.54, 1.807) is 6.92 Å². The van der Waals surface area contributed by atoms with Gasteiger partial charge in [-0.15, -0.1) is 5.10 Å². The first kappa shape index (κ1) is 13.1. The highest BCUT2D eigenvalue weighted by molar-refractivity contribution is 7.08. The highest BCUT2D eigenvalue weighted by atomic mass is 32.1. The van der Waals surface area contributed by atoms with Gasteiger partial charge in [0.1, 0.15) is 10.7 Å². The Morgan fingerprint density at radius 1 is 1.42 bits per heavy atom. The molecule has 1 aromatic heterocycles. The van der Waals surface area contributed by atoms with Gasteiger partial charge in [-0.1, -0.05) is 4.49 Å². The van der Waals surface area contributed by atoms with Gasteiger partial charge in [-0.2, -0.15) is 0 Å². The van der Waals surface area contributed by atoms with Crippen molar-refractivity contribution in [2.75, 3.05) is 5.32 Å². The summed E-state index contributed by atoms with van der Waals surface area (Å²) in [5, 5.41) is 14.8. The van der Waals surface area contributed by atoms with E-state index in [0.717, 1.165) is 23.7 Å². The molecule has 0 unspecified atom stereocenters.